The van der Waals surface area contributed by atoms with Gasteiger partial charge in [0, 0.05) is 24.9 Å². The molecular formula is C42H26S2. The molecule has 0 fully saturated rings. The van der Waals surface area contributed by atoms with E-state index in [-0.39, 0.29) is 0 Å². The fraction of sp³-hybridized carbons (Fsp3) is 0. The van der Waals surface area contributed by atoms with Crippen LogP contribution >= 0.6 is 23.1 Å². The molecule has 0 atom stereocenters. The smallest absolute Gasteiger partial charge is 0.0355 e. The van der Waals surface area contributed by atoms with Gasteiger partial charge in [-0.3, -0.25) is 0 Å². The average Bonchev–Trinajstić information content (AvgIpc) is 3.59. The number of hydrogen-bond donors (Lipinski definition) is 0. The standard InChI is InChI=1S/C42H26S2/c1-2-10-27(11-3-1)31-18-6-12-28-13-7-19-34(41(28)31)32-16-4-5-17-33(32)38-25-24-37(43-38)30-22-23-39-36(26-30)35-20-8-14-29-15-9-21-40(44-39)42(29)35/h1-26H. The molecule has 1 aliphatic rings. The molecule has 0 saturated carbocycles. The summed E-state index contributed by atoms with van der Waals surface area (Å²) in [6.07, 6.45) is 0. The lowest BCUT2D eigenvalue weighted by Crippen LogP contribution is -1.93. The van der Waals surface area contributed by atoms with E-state index in [4.69, 9.17) is 0 Å². The molecule has 1 aromatic heterocycles. The lowest BCUT2D eigenvalue weighted by Gasteiger charge is -2.20. The molecule has 44 heavy (non-hydrogen) atoms. The SMILES string of the molecule is c1ccc(-c2cccc3cccc(-c4ccccc4-c4ccc(-c5ccc6c(c5)-c5cccc7cccc(c57)S6)s4)c23)cc1. The first-order chi connectivity index (χ1) is 21.8. The zero-order chi connectivity index (χ0) is 29.0. The topological polar surface area (TPSA) is 0 Å². The van der Waals surface area contributed by atoms with Gasteiger partial charge < -0.3 is 0 Å². The Morgan fingerprint density at radius 3 is 1.73 bits per heavy atom. The molecule has 0 unspecified atom stereocenters. The van der Waals surface area contributed by atoms with E-state index >= 15 is 0 Å². The predicted molar refractivity (Wildman–Crippen MR) is 191 cm³/mol. The zero-order valence-electron chi connectivity index (χ0n) is 23.8. The number of hydrogen-bond acceptors (Lipinski definition) is 2. The predicted octanol–water partition coefficient (Wildman–Crippen LogP) is 12.9. The van der Waals surface area contributed by atoms with Crippen LogP contribution in [0.4, 0.5) is 0 Å². The Morgan fingerprint density at radius 1 is 0.318 bits per heavy atom. The summed E-state index contributed by atoms with van der Waals surface area (Å²) in [5.41, 5.74) is 10.2. The van der Waals surface area contributed by atoms with Gasteiger partial charge in [-0.25, -0.2) is 0 Å². The highest BCUT2D eigenvalue weighted by Crippen LogP contribution is 2.50. The molecule has 0 bridgehead atoms. The first-order valence-corrected chi connectivity index (χ1v) is 16.6. The van der Waals surface area contributed by atoms with Crippen molar-refractivity contribution in [1.29, 1.82) is 0 Å². The Morgan fingerprint density at radius 2 is 0.932 bits per heavy atom. The van der Waals surface area contributed by atoms with Crippen LogP contribution in [0.1, 0.15) is 0 Å². The zero-order valence-corrected chi connectivity index (χ0v) is 25.5. The second-order valence-electron chi connectivity index (χ2n) is 11.3. The maximum Gasteiger partial charge on any atom is 0.0355 e. The summed E-state index contributed by atoms with van der Waals surface area (Å²) in [5.74, 6) is 0. The van der Waals surface area contributed by atoms with Gasteiger partial charge in [-0.15, -0.1) is 11.3 Å². The minimum absolute atomic E-state index is 1.24. The highest BCUT2D eigenvalue weighted by Gasteiger charge is 2.20. The van der Waals surface area contributed by atoms with Crippen LogP contribution in [-0.2, 0) is 0 Å². The molecule has 0 amide bonds. The summed E-state index contributed by atoms with van der Waals surface area (Å²) in [6, 6.07) is 57.9. The lowest BCUT2D eigenvalue weighted by atomic mass is 9.89. The summed E-state index contributed by atoms with van der Waals surface area (Å²) in [7, 11) is 0. The molecule has 7 aromatic carbocycles. The van der Waals surface area contributed by atoms with Crippen molar-refractivity contribution in [2.75, 3.05) is 0 Å². The van der Waals surface area contributed by atoms with Crippen LogP contribution in [0, 0.1) is 0 Å². The van der Waals surface area contributed by atoms with E-state index in [1.165, 1.54) is 85.6 Å². The second kappa shape index (κ2) is 10.4. The van der Waals surface area contributed by atoms with Crippen LogP contribution in [0.25, 0.3) is 75.8 Å². The molecule has 206 valence electrons. The maximum absolute atomic E-state index is 2.39. The van der Waals surface area contributed by atoms with Gasteiger partial charge in [0.15, 0.2) is 0 Å². The van der Waals surface area contributed by atoms with Crippen LogP contribution in [0.5, 0.6) is 0 Å². The van der Waals surface area contributed by atoms with Gasteiger partial charge in [0.2, 0.25) is 0 Å². The van der Waals surface area contributed by atoms with E-state index in [2.05, 4.69) is 158 Å². The Bertz CT molecular complexity index is 2350. The van der Waals surface area contributed by atoms with Gasteiger partial charge in [0.25, 0.3) is 0 Å². The molecule has 8 aromatic rings. The third kappa shape index (κ3) is 4.14. The van der Waals surface area contributed by atoms with Gasteiger partial charge in [0.1, 0.15) is 0 Å². The lowest BCUT2D eigenvalue weighted by molar-refractivity contribution is 1.40. The summed E-state index contributed by atoms with van der Waals surface area (Å²) < 4.78 is 0. The number of rotatable bonds is 4. The largest absolute Gasteiger partial charge is 0.135 e. The van der Waals surface area contributed by atoms with Gasteiger partial charge in [-0.2, -0.15) is 0 Å². The van der Waals surface area contributed by atoms with Crippen LogP contribution in [0.3, 0.4) is 0 Å². The highest BCUT2D eigenvalue weighted by molar-refractivity contribution is 7.99. The second-order valence-corrected chi connectivity index (χ2v) is 13.4. The first-order valence-electron chi connectivity index (χ1n) is 14.9. The molecule has 0 nitrogen and oxygen atoms in total. The Kier molecular flexibility index (Phi) is 6.04. The van der Waals surface area contributed by atoms with E-state index < -0.39 is 0 Å². The normalized spacial score (nSPS) is 12.0. The van der Waals surface area contributed by atoms with Crippen molar-refractivity contribution in [1.82, 2.24) is 0 Å². The van der Waals surface area contributed by atoms with E-state index in [1.54, 1.807) is 0 Å². The van der Waals surface area contributed by atoms with Crippen LogP contribution in [-0.4, -0.2) is 0 Å². The molecule has 2 heteroatoms. The summed E-state index contributed by atoms with van der Waals surface area (Å²) in [4.78, 5) is 5.24. The van der Waals surface area contributed by atoms with Crippen molar-refractivity contribution >= 4 is 44.6 Å². The van der Waals surface area contributed by atoms with E-state index in [0.29, 0.717) is 0 Å². The molecule has 1 aliphatic heterocycles. The van der Waals surface area contributed by atoms with Crippen molar-refractivity contribution in [3.63, 3.8) is 0 Å². The summed E-state index contributed by atoms with van der Waals surface area (Å²) in [5, 5.41) is 5.24. The molecule has 9 rings (SSSR count). The maximum atomic E-state index is 2.39. The monoisotopic (exact) mass is 594 g/mol. The van der Waals surface area contributed by atoms with Crippen molar-refractivity contribution in [2.24, 2.45) is 0 Å². The minimum Gasteiger partial charge on any atom is -0.135 e. The third-order valence-electron chi connectivity index (χ3n) is 8.72. The molecule has 0 radical (unpaired) electrons. The van der Waals surface area contributed by atoms with Gasteiger partial charge in [-0.05, 0) is 91.0 Å². The Balaban J connectivity index is 1.16. The Labute approximate surface area is 265 Å². The Hall–Kier alpha value is -4.89. The van der Waals surface area contributed by atoms with Crippen LogP contribution < -0.4 is 0 Å². The van der Waals surface area contributed by atoms with Crippen molar-refractivity contribution in [3.8, 4) is 54.3 Å². The molecule has 0 saturated heterocycles. The molecule has 0 aliphatic carbocycles. The average molecular weight is 595 g/mol. The van der Waals surface area contributed by atoms with Gasteiger partial charge in [0.05, 0.1) is 0 Å². The third-order valence-corrected chi connectivity index (χ3v) is 11.0. The van der Waals surface area contributed by atoms with E-state index in [0.717, 1.165) is 0 Å². The highest BCUT2D eigenvalue weighted by atomic mass is 32.2. The molecule has 0 spiro atoms. The number of thiophene rings is 1. The number of fused-ring (bicyclic) bond motifs is 3. The summed E-state index contributed by atoms with van der Waals surface area (Å²) in [6.45, 7) is 0. The quantitative estimate of drug-likeness (QED) is 0.195. The number of benzene rings is 7. The van der Waals surface area contributed by atoms with Crippen LogP contribution in [0.15, 0.2) is 168 Å². The van der Waals surface area contributed by atoms with Crippen molar-refractivity contribution < 1.29 is 0 Å². The van der Waals surface area contributed by atoms with Gasteiger partial charge in [-0.1, -0.05) is 139 Å². The first kappa shape index (κ1) is 25.6. The minimum atomic E-state index is 1.24. The fourth-order valence-electron chi connectivity index (χ4n) is 6.71. The van der Waals surface area contributed by atoms with Crippen molar-refractivity contribution in [3.05, 3.63) is 158 Å². The molecule has 2 heterocycles. The summed E-state index contributed by atoms with van der Waals surface area (Å²) >= 11 is 3.76. The fourth-order valence-corrected chi connectivity index (χ4v) is 8.88. The molecule has 0 N–H and O–H groups in total. The van der Waals surface area contributed by atoms with E-state index in [1.807, 2.05) is 23.1 Å². The van der Waals surface area contributed by atoms with Gasteiger partial charge >= 0.3 is 0 Å². The molecular weight excluding hydrogens is 569 g/mol. The van der Waals surface area contributed by atoms with E-state index in [9.17, 15) is 0 Å². The van der Waals surface area contributed by atoms with Crippen molar-refractivity contribution in [2.45, 2.75) is 9.79 Å². The van der Waals surface area contributed by atoms with Crippen LogP contribution in [0.2, 0.25) is 0 Å².